The Morgan fingerprint density at radius 1 is 1.58 bits per heavy atom. The van der Waals surface area contributed by atoms with E-state index in [0.29, 0.717) is 24.8 Å². The predicted molar refractivity (Wildman–Crippen MR) is 68.6 cm³/mol. The Balaban J connectivity index is 2.11. The molecule has 0 spiro atoms. The van der Waals surface area contributed by atoms with E-state index in [4.69, 9.17) is 15.6 Å². The van der Waals surface area contributed by atoms with Gasteiger partial charge in [0.25, 0.3) is 0 Å². The molecule has 0 bridgehead atoms. The first-order chi connectivity index (χ1) is 8.92. The minimum atomic E-state index is -1.26. The summed E-state index contributed by atoms with van der Waals surface area (Å²) in [5.41, 5.74) is 5.09. The Morgan fingerprint density at radius 3 is 3.00 bits per heavy atom. The fraction of sp³-hybridized carbons (Fsp3) is 0.500. The van der Waals surface area contributed by atoms with Gasteiger partial charge in [0, 0.05) is 6.42 Å². The fourth-order valence-electron chi connectivity index (χ4n) is 2.44. The minimum absolute atomic E-state index is 0.166. The van der Waals surface area contributed by atoms with Gasteiger partial charge in [0.1, 0.15) is 11.6 Å². The maximum Gasteiger partial charge on any atom is 0.323 e. The van der Waals surface area contributed by atoms with Crippen LogP contribution in [0.1, 0.15) is 31.2 Å². The minimum Gasteiger partial charge on any atom is -0.487 e. The van der Waals surface area contributed by atoms with Gasteiger partial charge in [0.2, 0.25) is 0 Å². The lowest BCUT2D eigenvalue weighted by molar-refractivity contribution is -0.145. The average molecular weight is 267 g/mol. The second kappa shape index (κ2) is 5.17. The van der Waals surface area contributed by atoms with Crippen LogP contribution in [0.25, 0.3) is 0 Å². The molecule has 0 amide bonds. The van der Waals surface area contributed by atoms with Crippen LogP contribution in [0, 0.1) is 12.7 Å². The summed E-state index contributed by atoms with van der Waals surface area (Å²) in [4.78, 5) is 11.1. The van der Waals surface area contributed by atoms with Gasteiger partial charge in [0.05, 0.1) is 0 Å². The van der Waals surface area contributed by atoms with Crippen LogP contribution in [0.4, 0.5) is 4.39 Å². The third kappa shape index (κ3) is 2.87. The lowest BCUT2D eigenvalue weighted by Gasteiger charge is -2.34. The zero-order chi connectivity index (χ0) is 14.0. The van der Waals surface area contributed by atoms with Gasteiger partial charge in [-0.15, -0.1) is 0 Å². The van der Waals surface area contributed by atoms with Gasteiger partial charge < -0.3 is 15.6 Å². The van der Waals surface area contributed by atoms with Crippen molar-refractivity contribution < 1.29 is 19.0 Å². The monoisotopic (exact) mass is 267 g/mol. The molecule has 1 fully saturated rings. The largest absolute Gasteiger partial charge is 0.487 e. The second-order valence-corrected chi connectivity index (χ2v) is 5.18. The van der Waals surface area contributed by atoms with Gasteiger partial charge in [-0.1, -0.05) is 12.1 Å². The topological polar surface area (TPSA) is 72.5 Å². The molecule has 19 heavy (non-hydrogen) atoms. The summed E-state index contributed by atoms with van der Waals surface area (Å²) < 4.78 is 19.4. The maximum absolute atomic E-state index is 13.8. The summed E-state index contributed by atoms with van der Waals surface area (Å²) in [5, 5.41) is 9.13. The lowest BCUT2D eigenvalue weighted by Crippen LogP contribution is -2.53. The van der Waals surface area contributed by atoms with Crippen LogP contribution >= 0.6 is 0 Å². The van der Waals surface area contributed by atoms with Crippen LogP contribution in [0.3, 0.4) is 0 Å². The average Bonchev–Trinajstić information content (AvgIpc) is 2.35. The standard InChI is InChI=1S/C14H18FNO3/c1-9-4-2-6-11(12(9)15)19-10-5-3-7-14(16,8-10)13(17)18/h2,4,6,10H,3,5,7-8,16H2,1H3,(H,17,18). The Hall–Kier alpha value is -1.62. The molecule has 2 rings (SSSR count). The Bertz CT molecular complexity index is 492. The van der Waals surface area contributed by atoms with E-state index in [1.54, 1.807) is 25.1 Å². The van der Waals surface area contributed by atoms with Crippen molar-refractivity contribution in [2.45, 2.75) is 44.2 Å². The zero-order valence-corrected chi connectivity index (χ0v) is 10.9. The van der Waals surface area contributed by atoms with Gasteiger partial charge >= 0.3 is 5.97 Å². The van der Waals surface area contributed by atoms with Gasteiger partial charge in [-0.3, -0.25) is 4.79 Å². The van der Waals surface area contributed by atoms with Gasteiger partial charge in [0.15, 0.2) is 11.6 Å². The molecular weight excluding hydrogens is 249 g/mol. The van der Waals surface area contributed by atoms with Crippen LogP contribution in [0.5, 0.6) is 5.75 Å². The number of carbonyl (C=O) groups is 1. The van der Waals surface area contributed by atoms with E-state index in [-0.39, 0.29) is 18.3 Å². The SMILES string of the molecule is Cc1cccc(OC2CCCC(N)(C(=O)O)C2)c1F. The van der Waals surface area contributed by atoms with E-state index in [0.717, 1.165) is 0 Å². The number of aliphatic carboxylic acids is 1. The molecular formula is C14H18FNO3. The van der Waals surface area contributed by atoms with E-state index in [9.17, 15) is 9.18 Å². The number of hydrogen-bond donors (Lipinski definition) is 2. The molecule has 1 aliphatic carbocycles. The molecule has 104 valence electrons. The number of halogens is 1. The van der Waals surface area contributed by atoms with Gasteiger partial charge in [-0.05, 0) is 37.8 Å². The molecule has 1 aromatic carbocycles. The highest BCUT2D eigenvalue weighted by atomic mass is 19.1. The van der Waals surface area contributed by atoms with Crippen LogP contribution in [0.15, 0.2) is 18.2 Å². The summed E-state index contributed by atoms with van der Waals surface area (Å²) in [6.07, 6.45) is 1.64. The van der Waals surface area contributed by atoms with E-state index in [1.165, 1.54) is 0 Å². The molecule has 4 nitrogen and oxygen atoms in total. The molecule has 0 radical (unpaired) electrons. The van der Waals surface area contributed by atoms with Crippen molar-refractivity contribution in [3.8, 4) is 5.75 Å². The number of benzene rings is 1. The number of hydrogen-bond acceptors (Lipinski definition) is 3. The van der Waals surface area contributed by atoms with Crippen molar-refractivity contribution in [1.29, 1.82) is 0 Å². The lowest BCUT2D eigenvalue weighted by atomic mass is 9.81. The summed E-state index contributed by atoms with van der Waals surface area (Å²) in [5.74, 6) is -1.25. The summed E-state index contributed by atoms with van der Waals surface area (Å²) in [7, 11) is 0. The summed E-state index contributed by atoms with van der Waals surface area (Å²) in [6.45, 7) is 1.66. The van der Waals surface area contributed by atoms with Crippen molar-refractivity contribution >= 4 is 5.97 Å². The van der Waals surface area contributed by atoms with E-state index in [1.807, 2.05) is 0 Å². The Morgan fingerprint density at radius 2 is 2.32 bits per heavy atom. The Kier molecular flexibility index (Phi) is 3.75. The fourth-order valence-corrected chi connectivity index (χ4v) is 2.44. The highest BCUT2D eigenvalue weighted by Gasteiger charge is 2.40. The van der Waals surface area contributed by atoms with E-state index < -0.39 is 17.3 Å². The number of carboxylic acids is 1. The van der Waals surface area contributed by atoms with Gasteiger partial charge in [-0.2, -0.15) is 0 Å². The molecule has 1 aromatic rings. The van der Waals surface area contributed by atoms with Crippen molar-refractivity contribution in [2.24, 2.45) is 5.73 Å². The maximum atomic E-state index is 13.8. The first kappa shape index (κ1) is 13.8. The molecule has 2 unspecified atom stereocenters. The van der Waals surface area contributed by atoms with Crippen molar-refractivity contribution in [3.63, 3.8) is 0 Å². The van der Waals surface area contributed by atoms with Crippen molar-refractivity contribution in [3.05, 3.63) is 29.6 Å². The number of aryl methyl sites for hydroxylation is 1. The van der Waals surface area contributed by atoms with Crippen LogP contribution in [0.2, 0.25) is 0 Å². The van der Waals surface area contributed by atoms with Crippen LogP contribution < -0.4 is 10.5 Å². The van der Waals surface area contributed by atoms with Crippen molar-refractivity contribution in [2.75, 3.05) is 0 Å². The first-order valence-corrected chi connectivity index (χ1v) is 6.36. The normalized spacial score (nSPS) is 27.0. The number of nitrogens with two attached hydrogens (primary N) is 1. The second-order valence-electron chi connectivity index (χ2n) is 5.18. The number of carboxylic acid groups (broad SMARTS) is 1. The highest BCUT2D eigenvalue weighted by Crippen LogP contribution is 2.31. The quantitative estimate of drug-likeness (QED) is 0.881. The summed E-state index contributed by atoms with van der Waals surface area (Å²) >= 11 is 0. The molecule has 3 N–H and O–H groups in total. The molecule has 0 heterocycles. The molecule has 0 aliphatic heterocycles. The van der Waals surface area contributed by atoms with Crippen LogP contribution in [-0.4, -0.2) is 22.7 Å². The van der Waals surface area contributed by atoms with E-state index >= 15 is 0 Å². The highest BCUT2D eigenvalue weighted by molar-refractivity contribution is 5.78. The first-order valence-electron chi connectivity index (χ1n) is 6.36. The number of rotatable bonds is 3. The number of ether oxygens (including phenoxy) is 1. The molecule has 0 saturated heterocycles. The molecule has 5 heteroatoms. The smallest absolute Gasteiger partial charge is 0.323 e. The molecule has 2 atom stereocenters. The Labute approximate surface area is 111 Å². The third-order valence-corrected chi connectivity index (χ3v) is 3.62. The molecule has 1 saturated carbocycles. The van der Waals surface area contributed by atoms with Crippen LogP contribution in [-0.2, 0) is 4.79 Å². The molecule has 0 aromatic heterocycles. The molecule has 1 aliphatic rings. The van der Waals surface area contributed by atoms with Crippen molar-refractivity contribution in [1.82, 2.24) is 0 Å². The van der Waals surface area contributed by atoms with Gasteiger partial charge in [-0.25, -0.2) is 4.39 Å². The zero-order valence-electron chi connectivity index (χ0n) is 10.9. The predicted octanol–water partition coefficient (Wildman–Crippen LogP) is 2.24. The van der Waals surface area contributed by atoms with E-state index in [2.05, 4.69) is 0 Å². The third-order valence-electron chi connectivity index (χ3n) is 3.62. The summed E-state index contributed by atoms with van der Waals surface area (Å²) in [6, 6.07) is 4.92.